The zero-order valence-corrected chi connectivity index (χ0v) is 14.1. The van der Waals surface area contributed by atoms with Crippen LogP contribution in [-0.2, 0) is 0 Å². The van der Waals surface area contributed by atoms with Crippen LogP contribution < -0.4 is 10.1 Å². The summed E-state index contributed by atoms with van der Waals surface area (Å²) in [6.07, 6.45) is 1.87. The summed E-state index contributed by atoms with van der Waals surface area (Å²) in [5.74, 6) is 0.284. The second kappa shape index (κ2) is 8.66. The lowest BCUT2D eigenvalue weighted by Gasteiger charge is -2.13. The second-order valence-electron chi connectivity index (χ2n) is 3.81. The maximum absolute atomic E-state index is 6.04. The number of rotatable bonds is 7. The van der Waals surface area contributed by atoms with Gasteiger partial charge in [0.15, 0.2) is 5.75 Å². The summed E-state index contributed by atoms with van der Waals surface area (Å²) in [6, 6.07) is 0. The van der Waals surface area contributed by atoms with Crippen LogP contribution in [0.4, 0.5) is 0 Å². The van der Waals surface area contributed by atoms with Crippen molar-refractivity contribution in [2.45, 2.75) is 19.8 Å². The predicted octanol–water partition coefficient (Wildman–Crippen LogP) is 5.72. The molecule has 1 aromatic rings. The topological polar surface area (TPSA) is 21.3 Å². The van der Waals surface area contributed by atoms with Gasteiger partial charge in [0, 0.05) is 0 Å². The number of benzene rings is 1. The summed E-state index contributed by atoms with van der Waals surface area (Å²) in [5.41, 5.74) is 0. The van der Waals surface area contributed by atoms with Crippen molar-refractivity contribution in [2.24, 2.45) is 0 Å². The van der Waals surface area contributed by atoms with Crippen molar-refractivity contribution >= 4 is 58.0 Å². The summed E-state index contributed by atoms with van der Waals surface area (Å²) in [6.45, 7) is 4.46. The molecule has 0 aliphatic rings. The molecule has 0 saturated heterocycles. The number of ether oxygens (including phenoxy) is 1. The van der Waals surface area contributed by atoms with Gasteiger partial charge in [-0.2, -0.15) is 0 Å². The summed E-state index contributed by atoms with van der Waals surface area (Å²) in [7, 11) is 0. The zero-order chi connectivity index (χ0) is 14.4. The van der Waals surface area contributed by atoms with E-state index in [1.54, 1.807) is 0 Å². The first-order chi connectivity index (χ1) is 9.00. The summed E-state index contributed by atoms with van der Waals surface area (Å²) in [5, 5.41) is 4.05. The molecule has 0 heterocycles. The molecule has 0 unspecified atom stereocenters. The fourth-order valence-electron chi connectivity index (χ4n) is 1.41. The molecule has 0 aromatic heterocycles. The maximum Gasteiger partial charge on any atom is 0.159 e. The Balaban J connectivity index is 2.64. The van der Waals surface area contributed by atoms with Crippen molar-refractivity contribution in [3.05, 3.63) is 25.1 Å². The van der Waals surface area contributed by atoms with Gasteiger partial charge in [-0.3, -0.25) is 0 Å². The van der Waals surface area contributed by atoms with Crippen molar-refractivity contribution in [1.29, 1.82) is 0 Å². The van der Waals surface area contributed by atoms with Crippen LogP contribution in [0.5, 0.6) is 5.75 Å². The zero-order valence-electron chi connectivity index (χ0n) is 10.3. The molecule has 0 aliphatic heterocycles. The predicted molar refractivity (Wildman–Crippen MR) is 84.8 cm³/mol. The Morgan fingerprint density at radius 3 is 1.89 bits per heavy atom. The molecule has 108 valence electrons. The monoisotopic (exact) mass is 363 g/mol. The van der Waals surface area contributed by atoms with Crippen LogP contribution in [-0.4, -0.2) is 19.7 Å². The number of hydrogen-bond acceptors (Lipinski definition) is 2. The van der Waals surface area contributed by atoms with Crippen LogP contribution in [0.2, 0.25) is 25.1 Å². The highest BCUT2D eigenvalue weighted by Crippen LogP contribution is 2.48. The van der Waals surface area contributed by atoms with Crippen LogP contribution in [0.3, 0.4) is 0 Å². The number of hydrogen-bond donors (Lipinski definition) is 1. The van der Waals surface area contributed by atoms with Crippen LogP contribution in [0.15, 0.2) is 0 Å². The highest BCUT2D eigenvalue weighted by Gasteiger charge is 2.20. The van der Waals surface area contributed by atoms with Crippen LogP contribution in [0.25, 0.3) is 0 Å². The van der Waals surface area contributed by atoms with Crippen molar-refractivity contribution in [3.63, 3.8) is 0 Å². The second-order valence-corrected chi connectivity index (χ2v) is 5.70. The van der Waals surface area contributed by atoms with E-state index in [-0.39, 0.29) is 30.9 Å². The lowest BCUT2D eigenvalue weighted by atomic mass is 10.3. The Kier molecular flexibility index (Phi) is 7.97. The fraction of sp³-hybridized carbons (Fsp3) is 0.500. The Hall–Kier alpha value is 0.430. The van der Waals surface area contributed by atoms with E-state index in [0.717, 1.165) is 25.9 Å². The van der Waals surface area contributed by atoms with Gasteiger partial charge in [-0.15, -0.1) is 0 Å². The number of nitrogens with one attached hydrogen (secondary N) is 1. The molecule has 7 heteroatoms. The third kappa shape index (κ3) is 4.73. The molecule has 0 radical (unpaired) electrons. The minimum Gasteiger partial charge on any atom is -0.490 e. The Morgan fingerprint density at radius 2 is 1.37 bits per heavy atom. The Labute approximate surface area is 138 Å². The normalized spacial score (nSPS) is 10.8. The molecule has 0 spiro atoms. The first kappa shape index (κ1) is 17.5. The molecule has 0 aliphatic carbocycles. The molecule has 0 bridgehead atoms. The minimum atomic E-state index is 0.137. The van der Waals surface area contributed by atoms with E-state index < -0.39 is 0 Å². The number of unbranched alkanes of at least 4 members (excludes halogenated alkanes) is 1. The molecule has 1 N–H and O–H groups in total. The lowest BCUT2D eigenvalue weighted by Crippen LogP contribution is -2.14. The molecule has 0 atom stereocenters. The van der Waals surface area contributed by atoms with Gasteiger partial charge in [0.2, 0.25) is 0 Å². The van der Waals surface area contributed by atoms with Crippen LogP contribution in [0.1, 0.15) is 19.8 Å². The SMILES string of the molecule is CCNCCCCOc1c(Cl)c(Cl)c(Cl)c(Cl)c1Cl. The van der Waals surface area contributed by atoms with Gasteiger partial charge >= 0.3 is 0 Å². The maximum atomic E-state index is 6.04. The average molecular weight is 366 g/mol. The van der Waals surface area contributed by atoms with Crippen molar-refractivity contribution < 1.29 is 4.74 Å². The highest BCUT2D eigenvalue weighted by atomic mass is 35.5. The van der Waals surface area contributed by atoms with E-state index in [1.807, 2.05) is 0 Å². The van der Waals surface area contributed by atoms with E-state index in [1.165, 1.54) is 0 Å². The Bertz CT molecular complexity index is 410. The Morgan fingerprint density at radius 1 is 0.842 bits per heavy atom. The van der Waals surface area contributed by atoms with E-state index >= 15 is 0 Å². The van der Waals surface area contributed by atoms with Gasteiger partial charge in [0.25, 0.3) is 0 Å². The summed E-state index contributed by atoms with van der Waals surface area (Å²) < 4.78 is 5.55. The lowest BCUT2D eigenvalue weighted by molar-refractivity contribution is 0.306. The average Bonchev–Trinajstić information content (AvgIpc) is 2.41. The third-order valence-corrected chi connectivity index (χ3v) is 4.66. The first-order valence-corrected chi connectivity index (χ1v) is 7.74. The minimum absolute atomic E-state index is 0.137. The van der Waals surface area contributed by atoms with Gasteiger partial charge in [-0.1, -0.05) is 64.9 Å². The quantitative estimate of drug-likeness (QED) is 0.379. The van der Waals surface area contributed by atoms with Crippen LogP contribution in [0, 0.1) is 0 Å². The van der Waals surface area contributed by atoms with Crippen molar-refractivity contribution in [3.8, 4) is 5.75 Å². The van der Waals surface area contributed by atoms with Crippen LogP contribution >= 0.6 is 58.0 Å². The molecule has 2 nitrogen and oxygen atoms in total. The molecule has 1 aromatic carbocycles. The molecule has 1 rings (SSSR count). The third-order valence-electron chi connectivity index (χ3n) is 2.41. The fourth-order valence-corrected chi connectivity index (χ4v) is 2.64. The highest BCUT2D eigenvalue weighted by molar-refractivity contribution is 6.55. The first-order valence-electron chi connectivity index (χ1n) is 5.85. The summed E-state index contributed by atoms with van der Waals surface area (Å²) in [4.78, 5) is 0. The smallest absolute Gasteiger partial charge is 0.159 e. The van der Waals surface area contributed by atoms with E-state index in [2.05, 4.69) is 12.2 Å². The molecule has 19 heavy (non-hydrogen) atoms. The largest absolute Gasteiger partial charge is 0.490 e. The van der Waals surface area contributed by atoms with Gasteiger partial charge in [-0.05, 0) is 25.9 Å². The van der Waals surface area contributed by atoms with Gasteiger partial charge in [-0.25, -0.2) is 0 Å². The molecular formula is C12H14Cl5NO. The van der Waals surface area contributed by atoms with E-state index in [9.17, 15) is 0 Å². The van der Waals surface area contributed by atoms with E-state index in [4.69, 9.17) is 62.7 Å². The molecule has 0 saturated carbocycles. The number of halogens is 5. The summed E-state index contributed by atoms with van der Waals surface area (Å²) >= 11 is 29.9. The van der Waals surface area contributed by atoms with Gasteiger partial charge in [0.1, 0.15) is 10.0 Å². The van der Waals surface area contributed by atoms with Crippen molar-refractivity contribution in [2.75, 3.05) is 19.7 Å². The molecule has 0 fully saturated rings. The molecule has 0 amide bonds. The van der Waals surface area contributed by atoms with Gasteiger partial charge in [0.05, 0.1) is 21.7 Å². The molecular weight excluding hydrogens is 351 g/mol. The standard InChI is InChI=1S/C12H14Cl5NO/c1-2-18-5-3-4-6-19-12-10(16)8(14)7(13)9(15)11(12)17/h18H,2-6H2,1H3. The van der Waals surface area contributed by atoms with Gasteiger partial charge < -0.3 is 10.1 Å². The van der Waals surface area contributed by atoms with E-state index in [0.29, 0.717) is 6.61 Å². The van der Waals surface area contributed by atoms with Crippen molar-refractivity contribution in [1.82, 2.24) is 5.32 Å².